The van der Waals surface area contributed by atoms with E-state index in [-0.39, 0.29) is 9.79 Å². The molecule has 0 saturated carbocycles. The van der Waals surface area contributed by atoms with Crippen molar-refractivity contribution in [1.29, 1.82) is 0 Å². The average molecular weight is 1720 g/mol. The van der Waals surface area contributed by atoms with Gasteiger partial charge >= 0.3 is 0 Å². The number of benzene rings is 14. The van der Waals surface area contributed by atoms with Crippen LogP contribution in [-0.2, 0) is 45.9 Å². The van der Waals surface area contributed by atoms with Gasteiger partial charge in [-0.05, 0) is 173 Å². The van der Waals surface area contributed by atoms with E-state index in [0.29, 0.717) is 78.6 Å². The standard InChI is InChI=1S/C53H50N2O4S3.C51H46N2O4S3/c1-5-39-19-15-17-37(3)52(39)54(31-33-60-43-21-9-7-10-22-43)41-27-29-45-48(35-41)59-49-36-42(28-30-46(49)51(45)47-25-13-14-26-50(47)62(56,57)58)55(32-34-61-44-23-11-8-12-24-44)53-38(4)18-16-20-40(53)6-2;1-5-37-19-15-17-35(3)50(37)52(33-58-41-21-9-7-10-22-41)39-27-29-43-46(31-39)57-47-32-40(28-30-44(47)49(43)45-25-13-14-26-48(45)60(54,55)56)53(34-59-42-23-11-8-12-24-42)51-36(4)18-16-20-38(51)6-2/h7-30,35-36H,5-6,31-34H2,1-4H3;7-32H,5-6,33-34H2,1-4H3. The monoisotopic (exact) mass is 1720 g/mol. The predicted octanol–water partition coefficient (Wildman–Crippen LogP) is 25.3. The fourth-order valence-corrected chi connectivity index (χ4v) is 21.4. The lowest BCUT2D eigenvalue weighted by Gasteiger charge is -2.29. The number of anilines is 4. The maximum Gasteiger partial charge on any atom is 0.212 e. The van der Waals surface area contributed by atoms with Crippen molar-refractivity contribution in [3.63, 3.8) is 0 Å². The Morgan fingerprint density at radius 2 is 0.721 bits per heavy atom. The first kappa shape index (κ1) is 85.8. The molecule has 0 amide bonds. The van der Waals surface area contributed by atoms with E-state index in [2.05, 4.69) is 293 Å². The number of hydrogen-bond acceptors (Lipinski definition) is 14. The molecule has 0 radical (unpaired) electrons. The van der Waals surface area contributed by atoms with Crippen LogP contribution in [0.15, 0.2) is 354 Å². The van der Waals surface area contributed by atoms with Gasteiger partial charge in [0.1, 0.15) is 42.9 Å². The number of aryl methyl sites for hydroxylation is 8. The minimum absolute atomic E-state index is 0.263. The fraction of sp³-hybridized carbons (Fsp3) is 0.173. The Balaban J connectivity index is 0.000000190. The highest BCUT2D eigenvalue weighted by molar-refractivity contribution is 8.00. The van der Waals surface area contributed by atoms with Crippen molar-refractivity contribution in [2.45, 2.75) is 110 Å². The lowest BCUT2D eigenvalue weighted by molar-refractivity contribution is 0.461. The molecular weight excluding hydrogens is 1630 g/mol. The topological polar surface area (TPSA) is 153 Å². The molecule has 18 heteroatoms. The third-order valence-electron chi connectivity index (χ3n) is 22.2. The normalized spacial score (nSPS) is 12.2. The quantitative estimate of drug-likeness (QED) is 0.0150. The number of para-hydroxylation sites is 4. The Kier molecular flexibility index (Phi) is 27.4. The van der Waals surface area contributed by atoms with Crippen molar-refractivity contribution in [1.82, 2.24) is 9.15 Å². The molecule has 0 atom stereocenters. The first-order valence-corrected chi connectivity index (χ1v) is 48.0. The Morgan fingerprint density at radius 3 is 1.17 bits per heavy atom. The maximum atomic E-state index is 12.9. The van der Waals surface area contributed by atoms with E-state index in [9.17, 15) is 25.9 Å². The van der Waals surface area contributed by atoms with Gasteiger partial charge in [0, 0.05) is 145 Å². The zero-order valence-electron chi connectivity index (χ0n) is 69.6. The average Bonchev–Trinajstić information content (AvgIpc) is 0.740. The van der Waals surface area contributed by atoms with Crippen LogP contribution in [0.1, 0.15) is 72.2 Å². The molecule has 16 rings (SSSR count). The van der Waals surface area contributed by atoms with E-state index >= 15 is 0 Å². The molecule has 122 heavy (non-hydrogen) atoms. The second kappa shape index (κ2) is 38.9. The molecule has 12 aromatic rings. The van der Waals surface area contributed by atoms with E-state index in [1.165, 1.54) is 66.7 Å². The molecule has 0 aromatic heterocycles. The summed E-state index contributed by atoms with van der Waals surface area (Å²) >= 11 is 7.15. The van der Waals surface area contributed by atoms with Crippen molar-refractivity contribution in [2.75, 3.05) is 46.1 Å². The third-order valence-corrected chi connectivity index (χ3v) is 28.0. The fourth-order valence-electron chi connectivity index (χ4n) is 16.5. The first-order chi connectivity index (χ1) is 59.3. The van der Waals surface area contributed by atoms with Crippen LogP contribution in [0.2, 0.25) is 0 Å². The summed E-state index contributed by atoms with van der Waals surface area (Å²) < 4.78 is 96.0. The second-order valence-electron chi connectivity index (χ2n) is 30.0. The summed E-state index contributed by atoms with van der Waals surface area (Å²) in [6.45, 7) is 18.8. The summed E-state index contributed by atoms with van der Waals surface area (Å²) in [7, 11) is -9.66. The Hall–Kier alpha value is -11.2. The molecule has 4 aliphatic rings. The van der Waals surface area contributed by atoms with Gasteiger partial charge < -0.3 is 27.7 Å². The molecule has 0 unspecified atom stereocenters. The summed E-state index contributed by atoms with van der Waals surface area (Å²) in [6, 6.07) is 105. The van der Waals surface area contributed by atoms with E-state index in [1.54, 1.807) is 59.9 Å². The summed E-state index contributed by atoms with van der Waals surface area (Å²) in [6.07, 6.45) is 3.46. The number of fused-ring (bicyclic) bond motifs is 4. The number of nitrogens with zero attached hydrogens (tertiary/aromatic N) is 4. The molecule has 12 nitrogen and oxygen atoms in total. The molecular formula is C104H96N4O8S6. The van der Waals surface area contributed by atoms with Crippen LogP contribution in [0.25, 0.3) is 66.8 Å². The molecule has 12 aromatic carbocycles. The number of hydrogen-bond donors (Lipinski definition) is 0. The van der Waals surface area contributed by atoms with Gasteiger partial charge in [-0.2, -0.15) is 9.15 Å². The molecule has 0 fully saturated rings. The van der Waals surface area contributed by atoms with Crippen molar-refractivity contribution in [3.05, 3.63) is 371 Å². The molecule has 0 bridgehead atoms. The summed E-state index contributed by atoms with van der Waals surface area (Å²) in [5.74, 6) is 4.12. The van der Waals surface area contributed by atoms with Gasteiger partial charge in [-0.25, -0.2) is 16.8 Å². The van der Waals surface area contributed by atoms with E-state index < -0.39 is 20.2 Å². The molecule has 0 N–H and O–H groups in total. The molecule has 2 heterocycles. The van der Waals surface area contributed by atoms with Crippen LogP contribution >= 0.6 is 47.0 Å². The molecule has 0 spiro atoms. The number of rotatable bonds is 28. The van der Waals surface area contributed by atoms with Crippen molar-refractivity contribution < 1.29 is 34.8 Å². The summed E-state index contributed by atoms with van der Waals surface area (Å²) in [5, 5.41) is 3.30. The highest BCUT2D eigenvalue weighted by Crippen LogP contribution is 2.48. The van der Waals surface area contributed by atoms with Crippen molar-refractivity contribution in [3.8, 4) is 44.9 Å². The molecule has 0 saturated heterocycles. The van der Waals surface area contributed by atoms with Gasteiger partial charge in [-0.1, -0.05) is 221 Å². The van der Waals surface area contributed by atoms with Crippen molar-refractivity contribution in [2.24, 2.45) is 0 Å². The van der Waals surface area contributed by atoms with Crippen LogP contribution in [0.3, 0.4) is 0 Å². The first-order valence-electron chi connectivity index (χ1n) is 41.2. The zero-order valence-corrected chi connectivity index (χ0v) is 74.5. The molecule has 616 valence electrons. The van der Waals surface area contributed by atoms with Gasteiger partial charge in [0.05, 0.1) is 33.6 Å². The van der Waals surface area contributed by atoms with Crippen LogP contribution < -0.4 is 29.7 Å². The summed E-state index contributed by atoms with van der Waals surface area (Å²) in [5.41, 5.74) is 20.7. The SMILES string of the molecule is CCc1cccc(C)c1N(CCSc1ccccc1)c1ccc2c(-c3ccccc3S(=O)(=O)[O-])c3ccc(=[N+](CCSc4ccccc4)c4c(C)cccc4CC)cc-3oc2c1.CCc1cccc(C)c1N(CSc1ccccc1)c1ccc2c(-c3ccccc3S(=O)(=O)[O-])c3cc/c(=[N+](/CSc4ccccc4)c4c(C)cccc4CC)cc-3oc2c1. The Labute approximate surface area is 733 Å². The largest absolute Gasteiger partial charge is 0.744 e. The Bertz CT molecular complexity index is 6780. The maximum absolute atomic E-state index is 12.9. The van der Waals surface area contributed by atoms with Crippen LogP contribution in [-0.4, -0.2) is 62.3 Å². The predicted molar refractivity (Wildman–Crippen MR) is 507 cm³/mol. The van der Waals surface area contributed by atoms with Crippen LogP contribution in [0.4, 0.5) is 34.1 Å². The molecule has 2 aliphatic heterocycles. The number of thioether (sulfide) groups is 4. The van der Waals surface area contributed by atoms with Gasteiger partial charge in [0.25, 0.3) is 0 Å². The lowest BCUT2D eigenvalue weighted by atomic mass is 9.93. The van der Waals surface area contributed by atoms with Crippen LogP contribution in [0.5, 0.6) is 0 Å². The summed E-state index contributed by atoms with van der Waals surface area (Å²) in [4.78, 5) is 8.93. The third kappa shape index (κ3) is 19.2. The highest BCUT2D eigenvalue weighted by atomic mass is 32.2. The van der Waals surface area contributed by atoms with Crippen molar-refractivity contribution >= 4 is 123 Å². The zero-order chi connectivity index (χ0) is 85.0. The van der Waals surface area contributed by atoms with E-state index in [4.69, 9.17) is 8.83 Å². The van der Waals surface area contributed by atoms with Gasteiger partial charge in [0.2, 0.25) is 22.1 Å². The lowest BCUT2D eigenvalue weighted by Crippen LogP contribution is -2.29. The highest BCUT2D eigenvalue weighted by Gasteiger charge is 2.30. The minimum Gasteiger partial charge on any atom is -0.744 e. The molecule has 2 aliphatic carbocycles. The smallest absolute Gasteiger partial charge is 0.212 e. The van der Waals surface area contributed by atoms with Gasteiger partial charge in [-0.3, -0.25) is 0 Å². The Morgan fingerprint density at radius 1 is 0.344 bits per heavy atom. The van der Waals surface area contributed by atoms with E-state index in [0.717, 1.165) is 105 Å². The van der Waals surface area contributed by atoms with Gasteiger partial charge in [-0.15, -0.1) is 35.3 Å². The second-order valence-corrected chi connectivity index (χ2v) is 37.0. The van der Waals surface area contributed by atoms with Crippen LogP contribution in [0, 0.1) is 27.7 Å². The van der Waals surface area contributed by atoms with Gasteiger partial charge in [0.15, 0.2) is 12.4 Å². The minimum atomic E-state index is -4.83. The van der Waals surface area contributed by atoms with E-state index in [1.807, 2.05) is 72.1 Å².